The van der Waals surface area contributed by atoms with Gasteiger partial charge < -0.3 is 10.2 Å². The lowest BCUT2D eigenvalue weighted by molar-refractivity contribution is -0.0576. The van der Waals surface area contributed by atoms with Gasteiger partial charge in [-0.3, -0.25) is 0 Å². The third-order valence-corrected chi connectivity index (χ3v) is 10.3. The number of fused-ring (bicyclic) bond motifs is 5. The molecule has 2 nitrogen and oxygen atoms in total. The number of hydrogen-bond acceptors (Lipinski definition) is 2. The van der Waals surface area contributed by atoms with Crippen molar-refractivity contribution in [2.24, 2.45) is 40.4 Å². The van der Waals surface area contributed by atoms with Crippen molar-refractivity contribution in [3.63, 3.8) is 0 Å². The second-order valence-corrected chi connectivity index (χ2v) is 11.8. The molecule has 9 atom stereocenters. The molecule has 0 heterocycles. The van der Waals surface area contributed by atoms with Crippen molar-refractivity contribution in [3.05, 3.63) is 23.8 Å². The highest BCUT2D eigenvalue weighted by Gasteiger charge is 2.59. The highest BCUT2D eigenvalue weighted by Crippen LogP contribution is 2.67. The lowest BCUT2D eigenvalue weighted by Gasteiger charge is -2.58. The molecule has 164 valence electrons. The van der Waals surface area contributed by atoms with E-state index in [1.54, 1.807) is 5.57 Å². The normalized spacial score (nSPS) is 46.1. The van der Waals surface area contributed by atoms with E-state index < -0.39 is 0 Å². The van der Waals surface area contributed by atoms with Crippen LogP contribution < -0.4 is 0 Å². The molecule has 4 aliphatic carbocycles. The fourth-order valence-corrected chi connectivity index (χ4v) is 8.49. The summed E-state index contributed by atoms with van der Waals surface area (Å²) in [6.45, 7) is 13.5. The molecular weight excluding hydrogens is 356 g/mol. The van der Waals surface area contributed by atoms with Crippen LogP contribution in [0.4, 0.5) is 0 Å². The molecule has 0 saturated heterocycles. The van der Waals surface area contributed by atoms with Crippen LogP contribution in [-0.4, -0.2) is 22.4 Å². The fraction of sp³-hybridized carbons (Fsp3) is 0.852. The van der Waals surface area contributed by atoms with Crippen molar-refractivity contribution in [3.8, 4) is 0 Å². The molecule has 4 rings (SSSR count). The highest BCUT2D eigenvalue weighted by molar-refractivity contribution is 5.25. The number of rotatable bonds is 5. The summed E-state index contributed by atoms with van der Waals surface area (Å²) >= 11 is 0. The standard InChI is InChI=1S/C27H44O2/c1-17(2)25(29)11-6-18(3)22-9-10-23-21-8-7-19-16-20(28)12-14-26(19,4)24(21)13-15-27(22,23)5/h7,18,20-25,28-29H,1,6,8-16H2,2-5H3/t18-,20+,21+,22-,23+,24+,25-,26+,27-/m1/s1. The first-order valence-electron chi connectivity index (χ1n) is 12.4. The Labute approximate surface area is 178 Å². The lowest BCUT2D eigenvalue weighted by Crippen LogP contribution is -2.50. The van der Waals surface area contributed by atoms with Gasteiger partial charge in [0.05, 0.1) is 12.2 Å². The average molecular weight is 401 g/mol. The molecule has 4 aliphatic rings. The summed E-state index contributed by atoms with van der Waals surface area (Å²) < 4.78 is 0. The Hall–Kier alpha value is -0.600. The largest absolute Gasteiger partial charge is 0.393 e. The van der Waals surface area contributed by atoms with Gasteiger partial charge in [-0.25, -0.2) is 0 Å². The summed E-state index contributed by atoms with van der Waals surface area (Å²) in [5.74, 6) is 4.02. The van der Waals surface area contributed by atoms with Gasteiger partial charge in [-0.2, -0.15) is 0 Å². The zero-order valence-corrected chi connectivity index (χ0v) is 19.3. The van der Waals surface area contributed by atoms with Crippen LogP contribution in [0.25, 0.3) is 0 Å². The van der Waals surface area contributed by atoms with Crippen molar-refractivity contribution >= 4 is 0 Å². The molecule has 0 unspecified atom stereocenters. The van der Waals surface area contributed by atoms with Gasteiger partial charge in [0.15, 0.2) is 0 Å². The molecule has 3 saturated carbocycles. The Bertz CT molecular complexity index is 665. The van der Waals surface area contributed by atoms with Crippen LogP contribution in [0.5, 0.6) is 0 Å². The molecule has 29 heavy (non-hydrogen) atoms. The maximum Gasteiger partial charge on any atom is 0.0744 e. The van der Waals surface area contributed by atoms with E-state index in [-0.39, 0.29) is 12.2 Å². The quantitative estimate of drug-likeness (QED) is 0.533. The van der Waals surface area contributed by atoms with Gasteiger partial charge in [-0.15, -0.1) is 0 Å². The van der Waals surface area contributed by atoms with Crippen LogP contribution >= 0.6 is 0 Å². The van der Waals surface area contributed by atoms with Gasteiger partial charge in [0.2, 0.25) is 0 Å². The summed E-state index contributed by atoms with van der Waals surface area (Å²) in [7, 11) is 0. The van der Waals surface area contributed by atoms with Crippen molar-refractivity contribution < 1.29 is 10.2 Å². The van der Waals surface area contributed by atoms with Crippen LogP contribution in [0.3, 0.4) is 0 Å². The molecule has 3 fully saturated rings. The first kappa shape index (κ1) is 21.6. The zero-order valence-electron chi connectivity index (χ0n) is 19.3. The molecule has 2 heteroatoms. The molecule has 0 radical (unpaired) electrons. The Morgan fingerprint density at radius 2 is 1.90 bits per heavy atom. The lowest BCUT2D eigenvalue weighted by atomic mass is 9.47. The van der Waals surface area contributed by atoms with Crippen LogP contribution in [0, 0.1) is 40.4 Å². The third-order valence-electron chi connectivity index (χ3n) is 10.3. The van der Waals surface area contributed by atoms with Gasteiger partial charge in [-0.1, -0.05) is 44.6 Å². The molecule has 0 aromatic heterocycles. The molecular formula is C27H44O2. The van der Waals surface area contributed by atoms with Gasteiger partial charge >= 0.3 is 0 Å². The summed E-state index contributed by atoms with van der Waals surface area (Å²) in [5.41, 5.74) is 3.31. The van der Waals surface area contributed by atoms with Crippen molar-refractivity contribution in [1.82, 2.24) is 0 Å². The van der Waals surface area contributed by atoms with Crippen LogP contribution in [-0.2, 0) is 0 Å². The van der Waals surface area contributed by atoms with Gasteiger partial charge in [0.25, 0.3) is 0 Å². The summed E-state index contributed by atoms with van der Waals surface area (Å²) in [4.78, 5) is 0. The zero-order chi connectivity index (χ0) is 21.0. The minimum Gasteiger partial charge on any atom is -0.393 e. The topological polar surface area (TPSA) is 40.5 Å². The predicted molar refractivity (Wildman–Crippen MR) is 120 cm³/mol. The van der Waals surface area contributed by atoms with Gasteiger partial charge in [0, 0.05) is 0 Å². The number of allylic oxidation sites excluding steroid dienone is 1. The van der Waals surface area contributed by atoms with Crippen LogP contribution in [0.1, 0.15) is 91.9 Å². The maximum atomic E-state index is 10.2. The van der Waals surface area contributed by atoms with Crippen molar-refractivity contribution in [2.45, 2.75) is 104 Å². The van der Waals surface area contributed by atoms with E-state index in [4.69, 9.17) is 0 Å². The third kappa shape index (κ3) is 3.57. The smallest absolute Gasteiger partial charge is 0.0744 e. The Morgan fingerprint density at radius 1 is 1.14 bits per heavy atom. The van der Waals surface area contributed by atoms with Crippen molar-refractivity contribution in [2.75, 3.05) is 0 Å². The minimum atomic E-state index is -0.332. The Kier molecular flexibility index (Phi) is 5.84. The van der Waals surface area contributed by atoms with Crippen molar-refractivity contribution in [1.29, 1.82) is 0 Å². The monoisotopic (exact) mass is 400 g/mol. The number of hydrogen-bond donors (Lipinski definition) is 2. The van der Waals surface area contributed by atoms with E-state index in [1.807, 2.05) is 6.92 Å². The van der Waals surface area contributed by atoms with Gasteiger partial charge in [-0.05, 0) is 112 Å². The molecule has 2 N–H and O–H groups in total. The number of aliphatic hydroxyl groups excluding tert-OH is 2. The summed E-state index contributed by atoms with van der Waals surface area (Å²) in [6.07, 6.45) is 14.0. The summed E-state index contributed by atoms with van der Waals surface area (Å²) in [6, 6.07) is 0. The predicted octanol–water partition coefficient (Wildman–Crippen LogP) is 6.28. The fourth-order valence-electron chi connectivity index (χ4n) is 8.49. The second kappa shape index (κ2) is 7.83. The summed E-state index contributed by atoms with van der Waals surface area (Å²) in [5, 5.41) is 20.4. The number of aliphatic hydroxyl groups is 2. The molecule has 0 aromatic carbocycles. The van der Waals surface area contributed by atoms with Crippen LogP contribution in [0.2, 0.25) is 0 Å². The highest BCUT2D eigenvalue weighted by atomic mass is 16.3. The maximum absolute atomic E-state index is 10.2. The average Bonchev–Trinajstić information content (AvgIpc) is 3.03. The Balaban J connectivity index is 1.49. The first-order valence-corrected chi connectivity index (χ1v) is 12.4. The SMILES string of the molecule is C=C(C)[C@H](O)CC[C@@H](C)[C@H]1CC[C@H]2[C@@H]3CC=C4C[C@@H](O)CC[C@]4(C)[C@H]3CC[C@]12C. The van der Waals surface area contributed by atoms with E-state index in [0.29, 0.717) is 16.7 Å². The molecule has 0 aromatic rings. The van der Waals surface area contributed by atoms with E-state index in [0.717, 1.165) is 54.9 Å². The second-order valence-electron chi connectivity index (χ2n) is 11.8. The molecule has 0 aliphatic heterocycles. The van der Waals surface area contributed by atoms with Crippen LogP contribution in [0.15, 0.2) is 23.8 Å². The van der Waals surface area contributed by atoms with E-state index >= 15 is 0 Å². The molecule has 0 spiro atoms. The minimum absolute atomic E-state index is 0.106. The Morgan fingerprint density at radius 3 is 2.62 bits per heavy atom. The molecule has 0 amide bonds. The molecule has 0 bridgehead atoms. The first-order chi connectivity index (χ1) is 13.7. The van der Waals surface area contributed by atoms with E-state index in [1.165, 1.54) is 38.5 Å². The van der Waals surface area contributed by atoms with E-state index in [2.05, 4.69) is 33.4 Å². The van der Waals surface area contributed by atoms with Gasteiger partial charge in [0.1, 0.15) is 0 Å². The van der Waals surface area contributed by atoms with E-state index in [9.17, 15) is 10.2 Å².